The van der Waals surface area contributed by atoms with Crippen molar-refractivity contribution in [1.29, 1.82) is 0 Å². The second-order valence-corrected chi connectivity index (χ2v) is 4.74. The summed E-state index contributed by atoms with van der Waals surface area (Å²) in [4.78, 5) is 24.0. The average Bonchev–Trinajstić information content (AvgIpc) is 2.55. The van der Waals surface area contributed by atoms with Crippen LogP contribution in [0.15, 0.2) is 35.2 Å². The molecule has 0 atom stereocenters. The highest BCUT2D eigenvalue weighted by Crippen LogP contribution is 2.32. The van der Waals surface area contributed by atoms with Gasteiger partial charge in [-0.3, -0.25) is 9.59 Å². The molecule has 17 heavy (non-hydrogen) atoms. The highest BCUT2D eigenvalue weighted by Gasteiger charge is 2.36. The number of carbonyl (C=O) groups is 2. The number of nitrogens with zero attached hydrogens (tertiary/aromatic N) is 2. The van der Waals surface area contributed by atoms with Gasteiger partial charge < -0.3 is 0 Å². The van der Waals surface area contributed by atoms with E-state index in [4.69, 9.17) is 0 Å². The van der Waals surface area contributed by atoms with Crippen molar-refractivity contribution in [2.24, 2.45) is 0 Å². The molecule has 1 aromatic rings. The predicted octanol–water partition coefficient (Wildman–Crippen LogP) is 2.20. The summed E-state index contributed by atoms with van der Waals surface area (Å²) in [6.07, 6.45) is 1.73. The van der Waals surface area contributed by atoms with Crippen LogP contribution in [-0.2, 0) is 4.79 Å². The van der Waals surface area contributed by atoms with E-state index in [1.54, 1.807) is 20.2 Å². The number of hydrogen-bond donors (Lipinski definition) is 0. The zero-order chi connectivity index (χ0) is 12.4. The number of hydrogen-bond acceptors (Lipinski definition) is 4. The maximum absolute atomic E-state index is 11.9. The first-order valence-electron chi connectivity index (χ1n) is 5.10. The number of thioether (sulfide) groups is 1. The first kappa shape index (κ1) is 11.9. The predicted molar refractivity (Wildman–Crippen MR) is 67.9 cm³/mol. The van der Waals surface area contributed by atoms with Crippen molar-refractivity contribution in [2.45, 2.75) is 0 Å². The zero-order valence-electron chi connectivity index (χ0n) is 9.58. The van der Waals surface area contributed by atoms with E-state index in [9.17, 15) is 9.59 Å². The van der Waals surface area contributed by atoms with E-state index in [2.05, 4.69) is 0 Å². The van der Waals surface area contributed by atoms with Gasteiger partial charge in [-0.25, -0.2) is 5.01 Å². The van der Waals surface area contributed by atoms with Gasteiger partial charge in [0.1, 0.15) is 0 Å². The van der Waals surface area contributed by atoms with Gasteiger partial charge in [-0.1, -0.05) is 30.3 Å². The lowest BCUT2D eigenvalue weighted by Crippen LogP contribution is -2.40. The molecule has 0 saturated carbocycles. The summed E-state index contributed by atoms with van der Waals surface area (Å²) in [6, 6.07) is 9.47. The van der Waals surface area contributed by atoms with E-state index in [1.165, 1.54) is 5.01 Å². The summed E-state index contributed by atoms with van der Waals surface area (Å²) >= 11 is 0.962. The molecule has 2 rings (SSSR count). The minimum absolute atomic E-state index is 0.262. The quantitative estimate of drug-likeness (QED) is 0.752. The van der Waals surface area contributed by atoms with Gasteiger partial charge in [-0.15, -0.1) is 0 Å². The molecule has 0 bridgehead atoms. The maximum atomic E-state index is 11.9. The lowest BCUT2D eigenvalue weighted by molar-refractivity contribution is -0.131. The molecule has 1 fully saturated rings. The number of benzene rings is 1. The molecule has 0 aromatic heterocycles. The van der Waals surface area contributed by atoms with Crippen LogP contribution in [0.1, 0.15) is 5.56 Å². The minimum atomic E-state index is -0.270. The van der Waals surface area contributed by atoms with Gasteiger partial charge in [-0.2, -0.15) is 5.01 Å². The van der Waals surface area contributed by atoms with E-state index < -0.39 is 0 Å². The molecule has 1 aromatic carbocycles. The van der Waals surface area contributed by atoms with Crippen molar-refractivity contribution in [3.05, 3.63) is 40.8 Å². The number of carbonyl (C=O) groups excluding carboxylic acids is 2. The monoisotopic (exact) mass is 248 g/mol. The van der Waals surface area contributed by atoms with Crippen LogP contribution in [0.3, 0.4) is 0 Å². The molecule has 0 unspecified atom stereocenters. The molecule has 0 spiro atoms. The van der Waals surface area contributed by atoms with Crippen molar-refractivity contribution < 1.29 is 9.59 Å². The summed E-state index contributed by atoms with van der Waals surface area (Å²) in [5, 5.41) is 2.35. The molecule has 0 radical (unpaired) electrons. The Balaban J connectivity index is 2.28. The highest BCUT2D eigenvalue weighted by molar-refractivity contribution is 8.18. The number of imide groups is 1. The van der Waals surface area contributed by atoms with Gasteiger partial charge >= 0.3 is 5.24 Å². The molecule has 1 heterocycles. The van der Waals surface area contributed by atoms with Crippen molar-refractivity contribution >= 4 is 29.0 Å². The summed E-state index contributed by atoms with van der Waals surface area (Å²) in [6.45, 7) is 0. The summed E-state index contributed by atoms with van der Waals surface area (Å²) < 4.78 is 0. The Labute approximate surface area is 104 Å². The lowest BCUT2D eigenvalue weighted by atomic mass is 10.2. The van der Waals surface area contributed by atoms with Gasteiger partial charge in [-0.05, 0) is 23.4 Å². The van der Waals surface area contributed by atoms with E-state index in [1.807, 2.05) is 30.3 Å². The third kappa shape index (κ3) is 2.40. The fourth-order valence-electron chi connectivity index (χ4n) is 1.51. The number of hydrazine groups is 1. The molecule has 0 N–H and O–H groups in total. The van der Waals surface area contributed by atoms with E-state index >= 15 is 0 Å². The normalized spacial score (nSPS) is 18.5. The van der Waals surface area contributed by atoms with Gasteiger partial charge in [0.25, 0.3) is 5.91 Å². The standard InChI is InChI=1S/C12H12N2O2S/c1-13(2)14-11(15)10(17-12(14)16)8-9-6-4-3-5-7-9/h3-8H,1-2H3/b10-8+. The van der Waals surface area contributed by atoms with Crippen LogP contribution >= 0.6 is 11.8 Å². The Morgan fingerprint density at radius 1 is 1.18 bits per heavy atom. The Kier molecular flexibility index (Phi) is 3.31. The lowest BCUT2D eigenvalue weighted by Gasteiger charge is -2.19. The average molecular weight is 248 g/mol. The highest BCUT2D eigenvalue weighted by atomic mass is 32.2. The first-order chi connectivity index (χ1) is 8.09. The molecule has 2 amide bonds. The Hall–Kier alpha value is -1.59. The Morgan fingerprint density at radius 2 is 1.82 bits per heavy atom. The van der Waals surface area contributed by atoms with Crippen molar-refractivity contribution in [3.8, 4) is 0 Å². The molecular formula is C12H12N2O2S. The molecule has 0 aliphatic carbocycles. The van der Waals surface area contributed by atoms with Crippen LogP contribution in [0, 0.1) is 0 Å². The van der Waals surface area contributed by atoms with E-state index in [0.29, 0.717) is 4.91 Å². The van der Waals surface area contributed by atoms with Crippen LogP contribution in [0.4, 0.5) is 4.79 Å². The Bertz CT molecular complexity index is 483. The molecule has 5 heteroatoms. The molecule has 1 aliphatic rings. The van der Waals surface area contributed by atoms with Crippen LogP contribution in [0.25, 0.3) is 6.08 Å². The second-order valence-electron chi connectivity index (χ2n) is 3.75. The Morgan fingerprint density at radius 3 is 2.35 bits per heavy atom. The summed E-state index contributed by atoms with van der Waals surface area (Å²) in [7, 11) is 3.34. The third-order valence-corrected chi connectivity index (χ3v) is 3.13. The van der Waals surface area contributed by atoms with E-state index in [0.717, 1.165) is 22.3 Å². The van der Waals surface area contributed by atoms with Crippen molar-refractivity contribution in [1.82, 2.24) is 10.0 Å². The van der Waals surface area contributed by atoms with Crippen LogP contribution in [0.2, 0.25) is 0 Å². The largest absolute Gasteiger partial charge is 0.308 e. The molecule has 1 aliphatic heterocycles. The summed E-state index contributed by atoms with van der Waals surface area (Å²) in [5.41, 5.74) is 0.914. The molecule has 1 saturated heterocycles. The van der Waals surface area contributed by atoms with Crippen molar-refractivity contribution in [2.75, 3.05) is 14.1 Å². The first-order valence-corrected chi connectivity index (χ1v) is 5.91. The smallest absolute Gasteiger partial charge is 0.266 e. The van der Waals surface area contributed by atoms with Gasteiger partial charge in [0.05, 0.1) is 4.91 Å². The van der Waals surface area contributed by atoms with Gasteiger partial charge in [0.2, 0.25) is 0 Å². The summed E-state index contributed by atoms with van der Waals surface area (Å²) in [5.74, 6) is -0.270. The molecular weight excluding hydrogens is 236 g/mol. The molecule has 88 valence electrons. The SMILES string of the molecule is CN(C)N1C(=O)S/C(=C/c2ccccc2)C1=O. The molecule has 4 nitrogen and oxygen atoms in total. The van der Waals surface area contributed by atoms with Crippen LogP contribution in [0.5, 0.6) is 0 Å². The zero-order valence-corrected chi connectivity index (χ0v) is 10.4. The fourth-order valence-corrected chi connectivity index (χ4v) is 2.39. The van der Waals surface area contributed by atoms with Gasteiger partial charge in [0.15, 0.2) is 0 Å². The second kappa shape index (κ2) is 4.73. The third-order valence-electron chi connectivity index (χ3n) is 2.27. The van der Waals surface area contributed by atoms with E-state index in [-0.39, 0.29) is 11.1 Å². The van der Waals surface area contributed by atoms with Gasteiger partial charge in [0, 0.05) is 14.1 Å². The van der Waals surface area contributed by atoms with Crippen LogP contribution < -0.4 is 0 Å². The number of amides is 2. The topological polar surface area (TPSA) is 40.6 Å². The van der Waals surface area contributed by atoms with Crippen molar-refractivity contribution in [3.63, 3.8) is 0 Å². The van der Waals surface area contributed by atoms with Crippen LogP contribution in [-0.4, -0.2) is 35.3 Å². The maximum Gasteiger partial charge on any atom is 0.308 e. The number of rotatable bonds is 2. The fraction of sp³-hybridized carbons (Fsp3) is 0.167. The minimum Gasteiger partial charge on any atom is -0.266 e.